The van der Waals surface area contributed by atoms with Gasteiger partial charge in [0.1, 0.15) is 0 Å². The fraction of sp³-hybridized carbons (Fsp3) is 0.417. The molecule has 0 aromatic heterocycles. The van der Waals surface area contributed by atoms with Crippen LogP contribution in [0, 0.1) is 0 Å². The average molecular weight is 300 g/mol. The zero-order valence-corrected chi connectivity index (χ0v) is 12.2. The first kappa shape index (κ1) is 14.4. The zero-order valence-electron chi connectivity index (χ0n) is 10.5. The molecule has 0 aliphatic carbocycles. The lowest BCUT2D eigenvalue weighted by molar-refractivity contribution is -0.117. The number of amides is 1. The Hall–Kier alpha value is -1.05. The van der Waals surface area contributed by atoms with Gasteiger partial charge in [-0.1, -0.05) is 19.1 Å². The van der Waals surface area contributed by atoms with Crippen LogP contribution in [-0.2, 0) is 14.6 Å². The summed E-state index contributed by atoms with van der Waals surface area (Å²) < 4.78 is 23.9. The SMILES string of the molecule is CCS(=O)(=O)c1ccccc1NC(=O)C1CSCN1. The smallest absolute Gasteiger partial charge is 0.242 e. The van der Waals surface area contributed by atoms with E-state index in [0.29, 0.717) is 11.4 Å². The molecule has 0 saturated carbocycles. The van der Waals surface area contributed by atoms with Crippen molar-refractivity contribution >= 4 is 33.2 Å². The highest BCUT2D eigenvalue weighted by Crippen LogP contribution is 2.22. The maximum atomic E-state index is 12.0. The van der Waals surface area contributed by atoms with Crippen molar-refractivity contribution in [2.45, 2.75) is 17.9 Å². The van der Waals surface area contributed by atoms with Crippen LogP contribution in [0.2, 0.25) is 0 Å². The van der Waals surface area contributed by atoms with Crippen LogP contribution in [0.1, 0.15) is 6.92 Å². The molecule has 1 heterocycles. The average Bonchev–Trinajstić information content (AvgIpc) is 2.93. The number of carbonyl (C=O) groups is 1. The van der Waals surface area contributed by atoms with Crippen LogP contribution in [-0.4, -0.2) is 37.7 Å². The molecular weight excluding hydrogens is 284 g/mol. The number of para-hydroxylation sites is 1. The quantitative estimate of drug-likeness (QED) is 0.870. The van der Waals surface area contributed by atoms with Gasteiger partial charge in [0.25, 0.3) is 0 Å². The van der Waals surface area contributed by atoms with E-state index in [0.717, 1.165) is 5.88 Å². The van der Waals surface area contributed by atoms with E-state index in [1.165, 1.54) is 6.07 Å². The van der Waals surface area contributed by atoms with Crippen molar-refractivity contribution < 1.29 is 13.2 Å². The van der Waals surface area contributed by atoms with Crippen molar-refractivity contribution in [2.75, 3.05) is 22.7 Å². The van der Waals surface area contributed by atoms with Crippen molar-refractivity contribution in [3.8, 4) is 0 Å². The van der Waals surface area contributed by atoms with Gasteiger partial charge in [-0.15, -0.1) is 11.8 Å². The minimum absolute atomic E-state index is 0.0113. The molecule has 1 unspecified atom stereocenters. The molecule has 7 heteroatoms. The van der Waals surface area contributed by atoms with Gasteiger partial charge in [-0.05, 0) is 12.1 Å². The first-order valence-electron chi connectivity index (χ1n) is 5.98. The number of nitrogens with one attached hydrogen (secondary N) is 2. The summed E-state index contributed by atoms with van der Waals surface area (Å²) in [7, 11) is -3.34. The van der Waals surface area contributed by atoms with E-state index in [1.54, 1.807) is 36.9 Å². The van der Waals surface area contributed by atoms with E-state index in [-0.39, 0.29) is 22.6 Å². The molecule has 2 rings (SSSR count). The highest BCUT2D eigenvalue weighted by Gasteiger charge is 2.24. The summed E-state index contributed by atoms with van der Waals surface area (Å²) in [6, 6.07) is 6.24. The molecule has 1 saturated heterocycles. The van der Waals surface area contributed by atoms with E-state index in [1.807, 2.05) is 0 Å². The lowest BCUT2D eigenvalue weighted by Crippen LogP contribution is -2.37. The molecule has 1 amide bonds. The zero-order chi connectivity index (χ0) is 13.9. The highest BCUT2D eigenvalue weighted by atomic mass is 32.2. The van der Waals surface area contributed by atoms with Crippen molar-refractivity contribution in [3.05, 3.63) is 24.3 Å². The first-order chi connectivity index (χ1) is 9.04. The van der Waals surface area contributed by atoms with Gasteiger partial charge in [-0.3, -0.25) is 10.1 Å². The van der Waals surface area contributed by atoms with Gasteiger partial charge in [0.15, 0.2) is 9.84 Å². The Morgan fingerprint density at radius 2 is 2.21 bits per heavy atom. The summed E-state index contributed by atoms with van der Waals surface area (Å²) in [5, 5.41) is 5.75. The molecule has 1 aliphatic heterocycles. The maximum absolute atomic E-state index is 12.0. The number of thioether (sulfide) groups is 1. The molecule has 1 aromatic carbocycles. The topological polar surface area (TPSA) is 75.3 Å². The minimum atomic E-state index is -3.34. The maximum Gasteiger partial charge on any atom is 0.242 e. The Morgan fingerprint density at radius 1 is 1.47 bits per heavy atom. The van der Waals surface area contributed by atoms with Crippen LogP contribution in [0.15, 0.2) is 29.2 Å². The summed E-state index contributed by atoms with van der Waals surface area (Å²) in [5.41, 5.74) is 0.355. The van der Waals surface area contributed by atoms with Crippen LogP contribution >= 0.6 is 11.8 Å². The van der Waals surface area contributed by atoms with Crippen LogP contribution in [0.25, 0.3) is 0 Å². The molecule has 1 aliphatic rings. The molecule has 1 aromatic rings. The van der Waals surface area contributed by atoms with Gasteiger partial charge in [0, 0.05) is 11.6 Å². The van der Waals surface area contributed by atoms with Crippen molar-refractivity contribution in [3.63, 3.8) is 0 Å². The van der Waals surface area contributed by atoms with E-state index < -0.39 is 9.84 Å². The van der Waals surface area contributed by atoms with Crippen LogP contribution in [0.5, 0.6) is 0 Å². The molecule has 5 nitrogen and oxygen atoms in total. The van der Waals surface area contributed by atoms with Crippen LogP contribution < -0.4 is 10.6 Å². The largest absolute Gasteiger partial charge is 0.324 e. The third-order valence-corrected chi connectivity index (χ3v) is 5.62. The van der Waals surface area contributed by atoms with Crippen LogP contribution in [0.4, 0.5) is 5.69 Å². The van der Waals surface area contributed by atoms with Gasteiger partial charge in [0.2, 0.25) is 5.91 Å². The van der Waals surface area contributed by atoms with E-state index in [9.17, 15) is 13.2 Å². The number of rotatable bonds is 4. The number of hydrogen-bond donors (Lipinski definition) is 2. The molecule has 1 fully saturated rings. The van der Waals surface area contributed by atoms with Crippen molar-refractivity contribution in [1.29, 1.82) is 0 Å². The van der Waals surface area contributed by atoms with E-state index in [2.05, 4.69) is 10.6 Å². The highest BCUT2D eigenvalue weighted by molar-refractivity contribution is 7.99. The summed E-state index contributed by atoms with van der Waals surface area (Å²) >= 11 is 1.65. The number of sulfone groups is 1. The fourth-order valence-electron chi connectivity index (χ4n) is 1.78. The van der Waals surface area contributed by atoms with Crippen LogP contribution in [0.3, 0.4) is 0 Å². The summed E-state index contributed by atoms with van der Waals surface area (Å²) in [6.07, 6.45) is 0. The number of anilines is 1. The predicted molar refractivity (Wildman–Crippen MR) is 77.0 cm³/mol. The second-order valence-electron chi connectivity index (χ2n) is 4.16. The number of benzene rings is 1. The monoisotopic (exact) mass is 300 g/mol. The van der Waals surface area contributed by atoms with Gasteiger partial charge < -0.3 is 5.32 Å². The van der Waals surface area contributed by atoms with Crippen molar-refractivity contribution in [2.24, 2.45) is 0 Å². The molecule has 0 bridgehead atoms. The Kier molecular flexibility index (Phi) is 4.49. The molecule has 0 radical (unpaired) electrons. The summed E-state index contributed by atoms with van der Waals surface area (Å²) in [4.78, 5) is 12.2. The Labute approximate surface area is 117 Å². The lowest BCUT2D eigenvalue weighted by Gasteiger charge is -2.13. The Morgan fingerprint density at radius 3 is 2.84 bits per heavy atom. The number of hydrogen-bond acceptors (Lipinski definition) is 5. The van der Waals surface area contributed by atoms with Crippen molar-refractivity contribution in [1.82, 2.24) is 5.32 Å². The minimum Gasteiger partial charge on any atom is -0.324 e. The molecule has 19 heavy (non-hydrogen) atoms. The van der Waals surface area contributed by atoms with Gasteiger partial charge >= 0.3 is 0 Å². The Bertz CT molecular complexity index is 566. The Balaban J connectivity index is 2.23. The van der Waals surface area contributed by atoms with E-state index >= 15 is 0 Å². The summed E-state index contributed by atoms with van der Waals surface area (Å²) in [6.45, 7) is 1.59. The second kappa shape index (κ2) is 5.94. The second-order valence-corrected chi connectivity index (χ2v) is 7.44. The third kappa shape index (κ3) is 3.29. The molecule has 1 atom stereocenters. The lowest BCUT2D eigenvalue weighted by atomic mass is 10.2. The fourth-order valence-corrected chi connectivity index (χ4v) is 3.77. The first-order valence-corrected chi connectivity index (χ1v) is 8.79. The molecule has 104 valence electrons. The predicted octanol–water partition coefficient (Wildman–Crippen LogP) is 1.08. The van der Waals surface area contributed by atoms with E-state index in [4.69, 9.17) is 0 Å². The van der Waals surface area contributed by atoms with Gasteiger partial charge in [-0.25, -0.2) is 8.42 Å². The summed E-state index contributed by atoms with van der Waals surface area (Å²) in [5.74, 6) is 1.27. The third-order valence-electron chi connectivity index (χ3n) is 2.89. The normalized spacial score (nSPS) is 19.3. The molecule has 2 N–H and O–H groups in total. The molecular formula is C12H16N2O3S2. The standard InChI is InChI=1S/C12H16N2O3S2/c1-2-19(16,17)11-6-4-3-5-9(11)14-12(15)10-7-18-8-13-10/h3-6,10,13H,2,7-8H2,1H3,(H,14,15). The van der Waals surface area contributed by atoms with Gasteiger partial charge in [0.05, 0.1) is 22.4 Å². The molecule has 0 spiro atoms. The number of carbonyl (C=O) groups excluding carboxylic acids is 1. The van der Waals surface area contributed by atoms with Gasteiger partial charge in [-0.2, -0.15) is 0 Å².